The van der Waals surface area contributed by atoms with Gasteiger partial charge in [-0.3, -0.25) is 4.79 Å². The van der Waals surface area contributed by atoms with Gasteiger partial charge in [0.25, 0.3) is 0 Å². The highest BCUT2D eigenvalue weighted by Crippen LogP contribution is 2.29. The molecule has 0 saturated heterocycles. The van der Waals surface area contributed by atoms with E-state index in [1.165, 1.54) is 0 Å². The van der Waals surface area contributed by atoms with E-state index in [0.29, 0.717) is 23.1 Å². The van der Waals surface area contributed by atoms with Crippen LogP contribution in [0.2, 0.25) is 5.02 Å². The molecule has 0 radical (unpaired) electrons. The van der Waals surface area contributed by atoms with Gasteiger partial charge >= 0.3 is 0 Å². The molecule has 2 unspecified atom stereocenters. The zero-order chi connectivity index (χ0) is 16.8. The van der Waals surface area contributed by atoms with E-state index < -0.39 is 0 Å². The van der Waals surface area contributed by atoms with Gasteiger partial charge in [0.15, 0.2) is 0 Å². The SMILES string of the molecule is CCOc1cc(Cl)ccc1NC(=O)C(C)C(N)c1ccccc1. The summed E-state index contributed by atoms with van der Waals surface area (Å²) in [6, 6.07) is 14.3. The number of halogens is 1. The van der Waals surface area contributed by atoms with Crippen molar-refractivity contribution in [3.63, 3.8) is 0 Å². The number of hydrogen-bond acceptors (Lipinski definition) is 3. The Hall–Kier alpha value is -2.04. The molecule has 1 amide bonds. The van der Waals surface area contributed by atoms with Gasteiger partial charge in [0.2, 0.25) is 5.91 Å². The van der Waals surface area contributed by atoms with Gasteiger partial charge in [0.05, 0.1) is 18.2 Å². The molecule has 0 heterocycles. The molecule has 0 aromatic heterocycles. The van der Waals surface area contributed by atoms with Crippen LogP contribution in [0.15, 0.2) is 48.5 Å². The van der Waals surface area contributed by atoms with E-state index in [-0.39, 0.29) is 17.9 Å². The number of nitrogens with one attached hydrogen (secondary N) is 1. The molecule has 0 saturated carbocycles. The lowest BCUT2D eigenvalue weighted by Gasteiger charge is -2.20. The van der Waals surface area contributed by atoms with E-state index in [1.807, 2.05) is 44.2 Å². The molecule has 2 atom stereocenters. The average Bonchev–Trinajstić information content (AvgIpc) is 2.57. The summed E-state index contributed by atoms with van der Waals surface area (Å²) in [7, 11) is 0. The zero-order valence-electron chi connectivity index (χ0n) is 13.3. The average molecular weight is 333 g/mol. The minimum absolute atomic E-state index is 0.162. The number of benzene rings is 2. The topological polar surface area (TPSA) is 64.3 Å². The first-order valence-corrected chi connectivity index (χ1v) is 7.94. The molecule has 0 aliphatic carbocycles. The fourth-order valence-corrected chi connectivity index (χ4v) is 2.41. The minimum Gasteiger partial charge on any atom is -0.492 e. The Morgan fingerprint density at radius 2 is 1.96 bits per heavy atom. The highest BCUT2D eigenvalue weighted by atomic mass is 35.5. The Labute approximate surface area is 141 Å². The first-order chi connectivity index (χ1) is 11.0. The molecule has 2 aromatic rings. The summed E-state index contributed by atoms with van der Waals surface area (Å²) in [6.45, 7) is 4.17. The molecule has 0 spiro atoms. The molecule has 5 heteroatoms. The van der Waals surface area contributed by atoms with Gasteiger partial charge in [-0.05, 0) is 24.6 Å². The van der Waals surface area contributed by atoms with Gasteiger partial charge in [-0.2, -0.15) is 0 Å². The predicted molar refractivity (Wildman–Crippen MR) is 93.8 cm³/mol. The quantitative estimate of drug-likeness (QED) is 0.840. The van der Waals surface area contributed by atoms with Crippen molar-refractivity contribution in [3.8, 4) is 5.75 Å². The normalized spacial score (nSPS) is 13.2. The maximum Gasteiger partial charge on any atom is 0.229 e. The first-order valence-electron chi connectivity index (χ1n) is 7.56. The Bertz CT molecular complexity index is 661. The Morgan fingerprint density at radius 1 is 1.26 bits per heavy atom. The Morgan fingerprint density at radius 3 is 2.61 bits per heavy atom. The van der Waals surface area contributed by atoms with E-state index in [1.54, 1.807) is 18.2 Å². The number of rotatable bonds is 6. The number of nitrogens with two attached hydrogens (primary N) is 1. The molecule has 0 aliphatic rings. The van der Waals surface area contributed by atoms with Crippen LogP contribution < -0.4 is 15.8 Å². The van der Waals surface area contributed by atoms with E-state index in [2.05, 4.69) is 5.32 Å². The van der Waals surface area contributed by atoms with Gasteiger partial charge in [0, 0.05) is 17.1 Å². The summed E-state index contributed by atoms with van der Waals surface area (Å²) < 4.78 is 5.51. The van der Waals surface area contributed by atoms with Gasteiger partial charge in [-0.25, -0.2) is 0 Å². The van der Waals surface area contributed by atoms with E-state index in [4.69, 9.17) is 22.1 Å². The summed E-state index contributed by atoms with van der Waals surface area (Å²) in [5.74, 6) is 0.000940. The second kappa shape index (κ2) is 7.99. The zero-order valence-corrected chi connectivity index (χ0v) is 14.0. The molecule has 0 bridgehead atoms. The highest BCUT2D eigenvalue weighted by molar-refractivity contribution is 6.30. The van der Waals surface area contributed by atoms with Gasteiger partial charge in [-0.15, -0.1) is 0 Å². The van der Waals surface area contributed by atoms with Crippen LogP contribution in [0.3, 0.4) is 0 Å². The van der Waals surface area contributed by atoms with Crippen LogP contribution in [0.5, 0.6) is 5.75 Å². The lowest BCUT2D eigenvalue weighted by Crippen LogP contribution is -2.30. The van der Waals surface area contributed by atoms with Crippen molar-refractivity contribution in [2.45, 2.75) is 19.9 Å². The van der Waals surface area contributed by atoms with Crippen molar-refractivity contribution in [3.05, 3.63) is 59.1 Å². The molecular weight excluding hydrogens is 312 g/mol. The first kappa shape index (κ1) is 17.3. The molecule has 0 fully saturated rings. The van der Waals surface area contributed by atoms with Crippen molar-refractivity contribution >= 4 is 23.2 Å². The minimum atomic E-state index is -0.387. The maximum absolute atomic E-state index is 12.5. The summed E-state index contributed by atoms with van der Waals surface area (Å²) in [6.07, 6.45) is 0. The molecular formula is C18H21ClN2O2. The van der Waals surface area contributed by atoms with E-state index in [9.17, 15) is 4.79 Å². The van der Waals surface area contributed by atoms with Crippen molar-refractivity contribution in [1.29, 1.82) is 0 Å². The molecule has 2 rings (SSSR count). The predicted octanol–water partition coefficient (Wildman–Crippen LogP) is 4.01. The van der Waals surface area contributed by atoms with Crippen molar-refractivity contribution < 1.29 is 9.53 Å². The monoisotopic (exact) mass is 332 g/mol. The van der Waals surface area contributed by atoms with E-state index in [0.717, 1.165) is 5.56 Å². The second-order valence-corrected chi connectivity index (χ2v) is 5.72. The van der Waals surface area contributed by atoms with Gasteiger partial charge in [-0.1, -0.05) is 48.9 Å². The lowest BCUT2D eigenvalue weighted by molar-refractivity contribution is -0.120. The summed E-state index contributed by atoms with van der Waals surface area (Å²) in [4.78, 5) is 12.5. The summed E-state index contributed by atoms with van der Waals surface area (Å²) in [5.41, 5.74) is 7.72. The van der Waals surface area contributed by atoms with Crippen molar-refractivity contribution in [2.75, 3.05) is 11.9 Å². The molecule has 3 N–H and O–H groups in total. The molecule has 2 aromatic carbocycles. The van der Waals surface area contributed by atoms with Crippen molar-refractivity contribution in [1.82, 2.24) is 0 Å². The van der Waals surface area contributed by atoms with Crippen LogP contribution >= 0.6 is 11.6 Å². The van der Waals surface area contributed by atoms with E-state index >= 15 is 0 Å². The maximum atomic E-state index is 12.5. The van der Waals surface area contributed by atoms with Crippen molar-refractivity contribution in [2.24, 2.45) is 11.7 Å². The number of carbonyl (C=O) groups is 1. The second-order valence-electron chi connectivity index (χ2n) is 5.29. The van der Waals surface area contributed by atoms with Gasteiger partial charge < -0.3 is 15.8 Å². The van der Waals surface area contributed by atoms with Crippen LogP contribution in [0.4, 0.5) is 5.69 Å². The summed E-state index contributed by atoms with van der Waals surface area (Å²) >= 11 is 5.97. The largest absolute Gasteiger partial charge is 0.492 e. The third-order valence-corrected chi connectivity index (χ3v) is 3.87. The molecule has 122 valence electrons. The number of amides is 1. The van der Waals surface area contributed by atoms with Crippen LogP contribution in [0.25, 0.3) is 0 Å². The third kappa shape index (κ3) is 4.47. The molecule has 23 heavy (non-hydrogen) atoms. The fraction of sp³-hybridized carbons (Fsp3) is 0.278. The van der Waals surface area contributed by atoms with Crippen LogP contribution in [-0.4, -0.2) is 12.5 Å². The Balaban J connectivity index is 2.12. The molecule has 0 aliphatic heterocycles. The third-order valence-electron chi connectivity index (χ3n) is 3.64. The number of ether oxygens (including phenoxy) is 1. The smallest absolute Gasteiger partial charge is 0.229 e. The molecule has 4 nitrogen and oxygen atoms in total. The Kier molecular flexibility index (Phi) is 6.02. The standard InChI is InChI=1S/C18H21ClN2O2/c1-3-23-16-11-14(19)9-10-15(16)21-18(22)12(2)17(20)13-7-5-4-6-8-13/h4-12,17H,3,20H2,1-2H3,(H,21,22). The number of carbonyl (C=O) groups excluding carboxylic acids is 1. The van der Waals surface area contributed by atoms with Gasteiger partial charge in [0.1, 0.15) is 5.75 Å². The fourth-order valence-electron chi connectivity index (χ4n) is 2.25. The highest BCUT2D eigenvalue weighted by Gasteiger charge is 2.23. The van der Waals surface area contributed by atoms with Crippen LogP contribution in [0.1, 0.15) is 25.5 Å². The lowest BCUT2D eigenvalue weighted by atomic mass is 9.94. The van der Waals surface area contributed by atoms with Crippen LogP contribution in [-0.2, 0) is 4.79 Å². The van der Waals surface area contributed by atoms with Crippen LogP contribution in [0, 0.1) is 5.92 Å². The number of anilines is 1. The summed E-state index contributed by atoms with van der Waals surface area (Å²) in [5, 5.41) is 3.43. The number of hydrogen-bond donors (Lipinski definition) is 2.